The quantitative estimate of drug-likeness (QED) is 0.195. The molecule has 33 heavy (non-hydrogen) atoms. The Labute approximate surface area is 188 Å². The van der Waals surface area contributed by atoms with E-state index in [-0.39, 0.29) is 11.1 Å². The highest BCUT2D eigenvalue weighted by atomic mass is 19.4. The fourth-order valence-corrected chi connectivity index (χ4v) is 3.51. The van der Waals surface area contributed by atoms with Gasteiger partial charge in [-0.1, -0.05) is 68.7 Å². The zero-order valence-electron chi connectivity index (χ0n) is 18.0. The van der Waals surface area contributed by atoms with Gasteiger partial charge in [0.1, 0.15) is 5.82 Å². The maximum absolute atomic E-state index is 14.9. The molecular formula is C26H22F6O. The molecule has 0 aliphatic carbocycles. The van der Waals surface area contributed by atoms with Crippen molar-refractivity contribution in [2.75, 3.05) is 0 Å². The van der Waals surface area contributed by atoms with Gasteiger partial charge in [0.2, 0.25) is 5.75 Å². The standard InChI is InChI=1S/C26H22F6O/c1-2-3-4-5-6-7-17-9-13-21-20(14-17)12-11-19(24(21)29)10-8-18-15-22(27)25(23(28)16-18)33-26(30,31)32/h9,11-16H,2-7H2,1H3. The number of ether oxygens (including phenoxy) is 1. The normalized spacial score (nSPS) is 11.4. The number of aryl methyl sites for hydroxylation is 1. The monoisotopic (exact) mass is 464 g/mol. The zero-order valence-corrected chi connectivity index (χ0v) is 18.0. The molecule has 0 saturated carbocycles. The van der Waals surface area contributed by atoms with Crippen molar-refractivity contribution in [1.29, 1.82) is 0 Å². The largest absolute Gasteiger partial charge is 0.573 e. The Bertz CT molecular complexity index is 1160. The number of alkyl halides is 3. The van der Waals surface area contributed by atoms with E-state index in [0.29, 0.717) is 17.5 Å². The Morgan fingerprint density at radius 3 is 2.18 bits per heavy atom. The van der Waals surface area contributed by atoms with Gasteiger partial charge < -0.3 is 4.74 Å². The number of benzene rings is 3. The van der Waals surface area contributed by atoms with E-state index in [2.05, 4.69) is 23.5 Å². The second-order valence-electron chi connectivity index (χ2n) is 7.71. The Hall–Kier alpha value is -3.14. The Kier molecular flexibility index (Phi) is 7.91. The predicted octanol–water partition coefficient (Wildman–Crippen LogP) is 8.07. The molecule has 0 atom stereocenters. The van der Waals surface area contributed by atoms with Gasteiger partial charge in [-0.25, -0.2) is 13.2 Å². The third kappa shape index (κ3) is 6.67. The summed E-state index contributed by atoms with van der Waals surface area (Å²) in [5.41, 5.74) is 0.869. The molecule has 3 aromatic carbocycles. The molecule has 0 aliphatic rings. The molecule has 0 aliphatic heterocycles. The van der Waals surface area contributed by atoms with E-state index in [1.54, 1.807) is 12.1 Å². The average molecular weight is 464 g/mol. The van der Waals surface area contributed by atoms with Crippen molar-refractivity contribution < 1.29 is 31.1 Å². The van der Waals surface area contributed by atoms with Gasteiger partial charge in [-0.05, 0) is 42.0 Å². The molecule has 1 nitrogen and oxygen atoms in total. The molecule has 0 spiro atoms. The van der Waals surface area contributed by atoms with Gasteiger partial charge in [0.05, 0.1) is 5.56 Å². The van der Waals surface area contributed by atoms with Gasteiger partial charge in [-0.3, -0.25) is 0 Å². The first-order valence-electron chi connectivity index (χ1n) is 10.7. The summed E-state index contributed by atoms with van der Waals surface area (Å²) < 4.78 is 82.7. The maximum Gasteiger partial charge on any atom is 0.573 e. The number of unbranched alkanes of at least 4 members (excludes halogenated alkanes) is 4. The van der Waals surface area contributed by atoms with Gasteiger partial charge in [0.25, 0.3) is 0 Å². The van der Waals surface area contributed by atoms with Crippen LogP contribution in [0.1, 0.15) is 55.7 Å². The molecule has 0 fully saturated rings. The number of fused-ring (bicyclic) bond motifs is 1. The average Bonchev–Trinajstić information content (AvgIpc) is 2.75. The molecule has 174 valence electrons. The summed E-state index contributed by atoms with van der Waals surface area (Å²) in [5.74, 6) is -0.377. The van der Waals surface area contributed by atoms with E-state index in [1.165, 1.54) is 25.3 Å². The van der Waals surface area contributed by atoms with Gasteiger partial charge in [0.15, 0.2) is 11.6 Å². The van der Waals surface area contributed by atoms with Gasteiger partial charge in [0, 0.05) is 10.9 Å². The molecule has 0 aromatic heterocycles. The molecule has 7 heteroatoms. The first kappa shape index (κ1) is 24.5. The molecule has 0 amide bonds. The fraction of sp³-hybridized carbons (Fsp3) is 0.308. The first-order chi connectivity index (χ1) is 15.7. The molecule has 0 bridgehead atoms. The SMILES string of the molecule is CCCCCCCc1ccc2c(F)c(C#Cc3cc(F)c(OC(F)(F)F)c(F)c3)ccc2c1. The Balaban J connectivity index is 1.79. The minimum Gasteiger partial charge on any atom is -0.399 e. The molecule has 0 heterocycles. The summed E-state index contributed by atoms with van der Waals surface area (Å²) in [6.07, 6.45) is 1.50. The van der Waals surface area contributed by atoms with E-state index >= 15 is 0 Å². The third-order valence-corrected chi connectivity index (χ3v) is 5.15. The summed E-state index contributed by atoms with van der Waals surface area (Å²) in [7, 11) is 0. The third-order valence-electron chi connectivity index (χ3n) is 5.15. The van der Waals surface area contributed by atoms with Crippen LogP contribution in [-0.4, -0.2) is 6.36 Å². The zero-order chi connectivity index (χ0) is 24.0. The lowest BCUT2D eigenvalue weighted by atomic mass is 10.00. The van der Waals surface area contributed by atoms with Crippen molar-refractivity contribution in [2.45, 2.75) is 51.8 Å². The fourth-order valence-electron chi connectivity index (χ4n) is 3.51. The Morgan fingerprint density at radius 2 is 1.52 bits per heavy atom. The lowest BCUT2D eigenvalue weighted by Crippen LogP contribution is -2.19. The molecule has 3 aromatic rings. The number of hydrogen-bond donors (Lipinski definition) is 0. The van der Waals surface area contributed by atoms with Crippen LogP contribution in [0.25, 0.3) is 10.8 Å². The van der Waals surface area contributed by atoms with Crippen LogP contribution in [0.2, 0.25) is 0 Å². The number of hydrogen-bond acceptors (Lipinski definition) is 1. The Morgan fingerprint density at radius 1 is 0.818 bits per heavy atom. The smallest absolute Gasteiger partial charge is 0.399 e. The summed E-state index contributed by atoms with van der Waals surface area (Å²) in [5, 5.41) is 1.08. The second kappa shape index (κ2) is 10.7. The van der Waals surface area contributed by atoms with Gasteiger partial charge >= 0.3 is 6.36 Å². The molecule has 0 unspecified atom stereocenters. The van der Waals surface area contributed by atoms with Crippen LogP contribution >= 0.6 is 0 Å². The minimum absolute atomic E-state index is 0.00579. The van der Waals surface area contributed by atoms with Crippen molar-refractivity contribution >= 4 is 10.8 Å². The summed E-state index contributed by atoms with van der Waals surface area (Å²) >= 11 is 0. The molecule has 0 radical (unpaired) electrons. The van der Waals surface area contributed by atoms with Crippen LogP contribution in [0.15, 0.2) is 42.5 Å². The van der Waals surface area contributed by atoms with Gasteiger partial charge in [-0.2, -0.15) is 0 Å². The van der Waals surface area contributed by atoms with Crippen LogP contribution in [0, 0.1) is 29.3 Å². The van der Waals surface area contributed by atoms with Crippen LogP contribution in [0.4, 0.5) is 26.3 Å². The van der Waals surface area contributed by atoms with Crippen molar-refractivity contribution in [1.82, 2.24) is 0 Å². The van der Waals surface area contributed by atoms with Crippen LogP contribution in [0.5, 0.6) is 5.75 Å². The van der Waals surface area contributed by atoms with Crippen molar-refractivity contribution in [3.05, 3.63) is 76.6 Å². The van der Waals surface area contributed by atoms with Crippen LogP contribution in [0.3, 0.4) is 0 Å². The van der Waals surface area contributed by atoms with Crippen molar-refractivity contribution in [2.24, 2.45) is 0 Å². The van der Waals surface area contributed by atoms with E-state index < -0.39 is 29.6 Å². The highest BCUT2D eigenvalue weighted by molar-refractivity contribution is 5.85. The molecule has 3 rings (SSSR count). The molecule has 0 N–H and O–H groups in total. The van der Waals surface area contributed by atoms with Crippen LogP contribution < -0.4 is 4.74 Å². The van der Waals surface area contributed by atoms with E-state index in [4.69, 9.17) is 0 Å². The molecule has 0 saturated heterocycles. The predicted molar refractivity (Wildman–Crippen MR) is 115 cm³/mol. The summed E-state index contributed by atoms with van der Waals surface area (Å²) in [4.78, 5) is 0. The van der Waals surface area contributed by atoms with E-state index in [1.807, 2.05) is 12.1 Å². The number of halogens is 6. The van der Waals surface area contributed by atoms with Crippen molar-refractivity contribution in [3.63, 3.8) is 0 Å². The summed E-state index contributed by atoms with van der Waals surface area (Å²) in [6, 6.07) is 9.85. The lowest BCUT2D eigenvalue weighted by Gasteiger charge is -2.10. The van der Waals surface area contributed by atoms with E-state index in [9.17, 15) is 26.3 Å². The van der Waals surface area contributed by atoms with E-state index in [0.717, 1.165) is 30.2 Å². The highest BCUT2D eigenvalue weighted by Gasteiger charge is 2.34. The van der Waals surface area contributed by atoms with Crippen molar-refractivity contribution in [3.8, 4) is 17.6 Å². The maximum atomic E-state index is 14.9. The summed E-state index contributed by atoms with van der Waals surface area (Å²) in [6.45, 7) is 2.16. The van der Waals surface area contributed by atoms with Crippen LogP contribution in [-0.2, 0) is 6.42 Å². The minimum atomic E-state index is -5.24. The topological polar surface area (TPSA) is 9.23 Å². The molecular weight excluding hydrogens is 442 g/mol. The second-order valence-corrected chi connectivity index (χ2v) is 7.71. The first-order valence-corrected chi connectivity index (χ1v) is 10.7. The lowest BCUT2D eigenvalue weighted by molar-refractivity contribution is -0.276. The van der Waals surface area contributed by atoms with Gasteiger partial charge in [-0.15, -0.1) is 13.2 Å². The number of rotatable bonds is 7. The highest BCUT2D eigenvalue weighted by Crippen LogP contribution is 2.29.